The van der Waals surface area contributed by atoms with Gasteiger partial charge in [-0.3, -0.25) is 9.88 Å². The molecule has 3 heterocycles. The van der Waals surface area contributed by atoms with Gasteiger partial charge in [0.05, 0.1) is 22.1 Å². The van der Waals surface area contributed by atoms with Crippen molar-refractivity contribution in [2.45, 2.75) is 13.3 Å². The van der Waals surface area contributed by atoms with Gasteiger partial charge < -0.3 is 15.1 Å². The second kappa shape index (κ2) is 10.0. The predicted molar refractivity (Wildman–Crippen MR) is 153 cm³/mol. The minimum absolute atomic E-state index is 0.121. The van der Waals surface area contributed by atoms with Crippen LogP contribution in [0.4, 0.5) is 21.9 Å². The van der Waals surface area contributed by atoms with Crippen LogP contribution in [0.15, 0.2) is 73.1 Å². The molecule has 3 aromatic carbocycles. The zero-order valence-corrected chi connectivity index (χ0v) is 21.7. The number of hydrogen-bond donors (Lipinski definition) is 1. The molecule has 6 nitrogen and oxygen atoms in total. The number of urea groups is 1. The third kappa shape index (κ3) is 4.52. The van der Waals surface area contributed by atoms with Crippen molar-refractivity contribution < 1.29 is 4.79 Å². The lowest BCUT2D eigenvalue weighted by molar-refractivity contribution is 0.257. The van der Waals surface area contributed by atoms with Crippen LogP contribution in [-0.2, 0) is 6.42 Å². The van der Waals surface area contributed by atoms with E-state index in [-0.39, 0.29) is 6.03 Å². The van der Waals surface area contributed by atoms with Crippen molar-refractivity contribution in [3.63, 3.8) is 0 Å². The summed E-state index contributed by atoms with van der Waals surface area (Å²) in [4.78, 5) is 24.4. The summed E-state index contributed by atoms with van der Waals surface area (Å²) >= 11 is 6.72. The minimum atomic E-state index is -0.121. The number of piperazine rings is 1. The zero-order chi connectivity index (χ0) is 25.4. The lowest BCUT2D eigenvalue weighted by Crippen LogP contribution is -2.46. The van der Waals surface area contributed by atoms with Gasteiger partial charge >= 0.3 is 6.03 Å². The average Bonchev–Trinajstić information content (AvgIpc) is 3.36. The fraction of sp³-hybridized carbons (Fsp3) is 0.267. The Morgan fingerprint density at radius 1 is 0.919 bits per heavy atom. The molecule has 2 aliphatic rings. The Morgan fingerprint density at radius 3 is 2.43 bits per heavy atom. The van der Waals surface area contributed by atoms with Crippen LogP contribution in [0.25, 0.3) is 21.9 Å². The summed E-state index contributed by atoms with van der Waals surface area (Å²) < 4.78 is 0. The van der Waals surface area contributed by atoms with E-state index in [1.54, 1.807) is 12.4 Å². The Hall–Kier alpha value is -3.61. The van der Waals surface area contributed by atoms with Gasteiger partial charge in [-0.05, 0) is 65.4 Å². The van der Waals surface area contributed by atoms with Crippen LogP contribution in [0.2, 0.25) is 5.02 Å². The average molecular weight is 512 g/mol. The van der Waals surface area contributed by atoms with Crippen molar-refractivity contribution in [3.8, 4) is 11.1 Å². The SMILES string of the molecule is CCN1CCN(c2cc3c(cc2Cl)CCN3C(=O)Nc2ccc(-c3ccncc3)c3ccccc23)CC1. The number of likely N-dealkylation sites (N-methyl/N-ethyl adjacent to an activating group) is 1. The van der Waals surface area contributed by atoms with Gasteiger partial charge in [-0.1, -0.05) is 48.9 Å². The highest BCUT2D eigenvalue weighted by molar-refractivity contribution is 6.33. The monoisotopic (exact) mass is 511 g/mol. The molecule has 0 atom stereocenters. The molecule has 1 N–H and O–H groups in total. The lowest BCUT2D eigenvalue weighted by atomic mass is 9.98. The summed E-state index contributed by atoms with van der Waals surface area (Å²) in [5.41, 5.74) is 6.10. The molecule has 0 spiro atoms. The standard InChI is InChI=1S/C30H30ClN5O/c1-2-34-15-17-35(18-16-34)29-20-28-22(19-26(29)31)11-14-36(28)30(37)33-27-8-7-23(21-9-12-32-13-10-21)24-5-3-4-6-25(24)27/h3-10,12-13,19-20H,2,11,14-18H2,1H3,(H,33,37). The molecule has 37 heavy (non-hydrogen) atoms. The molecular weight excluding hydrogens is 482 g/mol. The molecule has 2 aliphatic heterocycles. The van der Waals surface area contributed by atoms with Gasteiger partial charge in [0.2, 0.25) is 0 Å². The van der Waals surface area contributed by atoms with Gasteiger partial charge in [-0.25, -0.2) is 4.79 Å². The predicted octanol–water partition coefficient (Wildman–Crippen LogP) is 6.29. The molecule has 1 fully saturated rings. The summed E-state index contributed by atoms with van der Waals surface area (Å²) in [5, 5.41) is 6.06. The highest BCUT2D eigenvalue weighted by Gasteiger charge is 2.28. The topological polar surface area (TPSA) is 51.7 Å². The molecule has 4 aromatic rings. The van der Waals surface area contributed by atoms with E-state index in [1.165, 1.54) is 0 Å². The molecule has 0 aliphatic carbocycles. The normalized spacial score (nSPS) is 15.7. The Kier molecular flexibility index (Phi) is 6.45. The number of benzene rings is 3. The Bertz CT molecular complexity index is 1450. The fourth-order valence-electron chi connectivity index (χ4n) is 5.53. The number of halogens is 1. The van der Waals surface area contributed by atoms with Crippen LogP contribution in [0.3, 0.4) is 0 Å². The maximum absolute atomic E-state index is 13.6. The quantitative estimate of drug-likeness (QED) is 0.350. The summed E-state index contributed by atoms with van der Waals surface area (Å²) in [7, 11) is 0. The number of anilines is 3. The maximum Gasteiger partial charge on any atom is 0.326 e. The van der Waals surface area contributed by atoms with Crippen molar-refractivity contribution in [2.24, 2.45) is 0 Å². The second-order valence-electron chi connectivity index (χ2n) is 9.63. The largest absolute Gasteiger partial charge is 0.368 e. The fourth-order valence-corrected chi connectivity index (χ4v) is 5.83. The molecule has 6 rings (SSSR count). The van der Waals surface area contributed by atoms with Gasteiger partial charge in [-0.2, -0.15) is 0 Å². The summed E-state index contributed by atoms with van der Waals surface area (Å²) in [6.07, 6.45) is 4.40. The van der Waals surface area contributed by atoms with E-state index >= 15 is 0 Å². The lowest BCUT2D eigenvalue weighted by Gasteiger charge is -2.36. The van der Waals surface area contributed by atoms with Crippen LogP contribution in [0.5, 0.6) is 0 Å². The summed E-state index contributed by atoms with van der Waals surface area (Å²) in [6, 6.07) is 20.3. The molecule has 188 valence electrons. The molecular formula is C30H30ClN5O. The molecule has 7 heteroatoms. The number of nitrogens with zero attached hydrogens (tertiary/aromatic N) is 4. The Labute approximate surface area is 222 Å². The first kappa shape index (κ1) is 23.8. The third-order valence-electron chi connectivity index (χ3n) is 7.61. The van der Waals surface area contributed by atoms with Crippen LogP contribution < -0.4 is 15.1 Å². The van der Waals surface area contributed by atoms with Crippen molar-refractivity contribution >= 4 is 45.5 Å². The Balaban J connectivity index is 1.28. The number of carbonyl (C=O) groups is 1. The van der Waals surface area contributed by atoms with Crippen molar-refractivity contribution in [1.29, 1.82) is 0 Å². The number of carbonyl (C=O) groups excluding carboxylic acids is 1. The highest BCUT2D eigenvalue weighted by atomic mass is 35.5. The first-order valence-corrected chi connectivity index (χ1v) is 13.3. The first-order chi connectivity index (χ1) is 18.1. The van der Waals surface area contributed by atoms with Gasteiger partial charge in [0.15, 0.2) is 0 Å². The number of pyridine rings is 1. The van der Waals surface area contributed by atoms with Crippen LogP contribution in [0, 0.1) is 0 Å². The number of fused-ring (bicyclic) bond motifs is 2. The molecule has 1 aromatic heterocycles. The smallest absolute Gasteiger partial charge is 0.326 e. The van der Waals surface area contributed by atoms with Gasteiger partial charge in [-0.15, -0.1) is 0 Å². The number of aromatic nitrogens is 1. The highest BCUT2D eigenvalue weighted by Crippen LogP contribution is 2.39. The van der Waals surface area contributed by atoms with E-state index in [2.05, 4.69) is 51.3 Å². The van der Waals surface area contributed by atoms with E-state index < -0.39 is 0 Å². The molecule has 0 saturated carbocycles. The summed E-state index contributed by atoms with van der Waals surface area (Å²) in [6.45, 7) is 7.83. The second-order valence-corrected chi connectivity index (χ2v) is 10.0. The number of nitrogens with one attached hydrogen (secondary N) is 1. The van der Waals surface area contributed by atoms with E-state index in [4.69, 9.17) is 11.6 Å². The van der Waals surface area contributed by atoms with Crippen LogP contribution in [0.1, 0.15) is 12.5 Å². The van der Waals surface area contributed by atoms with Gasteiger partial charge in [0, 0.05) is 50.5 Å². The van der Waals surface area contributed by atoms with Crippen molar-refractivity contribution in [2.75, 3.05) is 54.4 Å². The van der Waals surface area contributed by atoms with Crippen molar-refractivity contribution in [3.05, 3.63) is 83.6 Å². The van der Waals surface area contributed by atoms with E-state index in [0.29, 0.717) is 6.54 Å². The molecule has 2 amide bonds. The minimum Gasteiger partial charge on any atom is -0.368 e. The van der Waals surface area contributed by atoms with E-state index in [1.807, 2.05) is 41.3 Å². The number of rotatable bonds is 4. The molecule has 0 radical (unpaired) electrons. The third-order valence-corrected chi connectivity index (χ3v) is 7.91. The zero-order valence-electron chi connectivity index (χ0n) is 21.0. The first-order valence-electron chi connectivity index (χ1n) is 12.9. The van der Waals surface area contributed by atoms with E-state index in [0.717, 1.165) is 88.7 Å². The maximum atomic E-state index is 13.6. The van der Waals surface area contributed by atoms with Crippen LogP contribution in [-0.4, -0.2) is 55.2 Å². The number of amides is 2. The van der Waals surface area contributed by atoms with Gasteiger partial charge in [0.25, 0.3) is 0 Å². The van der Waals surface area contributed by atoms with Gasteiger partial charge in [0.1, 0.15) is 0 Å². The summed E-state index contributed by atoms with van der Waals surface area (Å²) in [5.74, 6) is 0. The van der Waals surface area contributed by atoms with E-state index in [9.17, 15) is 4.79 Å². The molecule has 0 bridgehead atoms. The molecule has 1 saturated heterocycles. The molecule has 0 unspecified atom stereocenters. The number of hydrogen-bond acceptors (Lipinski definition) is 4. The Morgan fingerprint density at radius 2 is 1.68 bits per heavy atom. The van der Waals surface area contributed by atoms with Crippen LogP contribution >= 0.6 is 11.6 Å². The van der Waals surface area contributed by atoms with Crippen molar-refractivity contribution in [1.82, 2.24) is 9.88 Å².